The monoisotopic (exact) mass is 446 g/mol. The molecule has 0 aliphatic heterocycles. The highest BCUT2D eigenvalue weighted by molar-refractivity contribution is 7.17. The molecule has 32 heavy (non-hydrogen) atoms. The number of thiophene rings is 1. The molecule has 166 valence electrons. The SMILES string of the molecule is C=C(C)/C=C(/C)CF.CC1(C)CC1(C)c1csc2c1c1ncccc1n2-c1ccccc1. The van der Waals surface area contributed by atoms with Gasteiger partial charge < -0.3 is 0 Å². The molecular formula is C28H31FN2S. The molecule has 1 aromatic carbocycles. The molecule has 5 rings (SSSR count). The van der Waals surface area contributed by atoms with Gasteiger partial charge in [-0.05, 0) is 71.9 Å². The first-order valence-corrected chi connectivity index (χ1v) is 11.9. The van der Waals surface area contributed by atoms with Gasteiger partial charge in [-0.1, -0.05) is 57.2 Å². The zero-order chi connectivity index (χ0) is 23.1. The van der Waals surface area contributed by atoms with Crippen LogP contribution in [0.4, 0.5) is 4.39 Å². The lowest BCUT2D eigenvalue weighted by molar-refractivity contribution is 0.532. The molecule has 3 heterocycles. The van der Waals surface area contributed by atoms with Gasteiger partial charge >= 0.3 is 0 Å². The lowest BCUT2D eigenvalue weighted by Crippen LogP contribution is -2.08. The van der Waals surface area contributed by atoms with E-state index in [1.807, 2.05) is 30.5 Å². The van der Waals surface area contributed by atoms with Crippen molar-refractivity contribution < 1.29 is 4.39 Å². The normalized spacial score (nSPS) is 19.6. The van der Waals surface area contributed by atoms with E-state index in [-0.39, 0.29) is 12.1 Å². The minimum Gasteiger partial charge on any atom is -0.299 e. The van der Waals surface area contributed by atoms with Crippen LogP contribution >= 0.6 is 11.3 Å². The lowest BCUT2D eigenvalue weighted by Gasteiger charge is -2.13. The van der Waals surface area contributed by atoms with Crippen LogP contribution in [0, 0.1) is 5.41 Å². The van der Waals surface area contributed by atoms with E-state index in [4.69, 9.17) is 4.98 Å². The van der Waals surface area contributed by atoms with Crippen LogP contribution < -0.4 is 0 Å². The zero-order valence-corrected chi connectivity index (χ0v) is 20.4. The van der Waals surface area contributed by atoms with Crippen LogP contribution in [0.2, 0.25) is 0 Å². The van der Waals surface area contributed by atoms with Crippen molar-refractivity contribution >= 4 is 32.6 Å². The van der Waals surface area contributed by atoms with Crippen LogP contribution in [-0.2, 0) is 5.41 Å². The van der Waals surface area contributed by atoms with Crippen molar-refractivity contribution in [2.45, 2.75) is 46.5 Å². The number of aromatic nitrogens is 2. The molecule has 3 aromatic heterocycles. The van der Waals surface area contributed by atoms with E-state index < -0.39 is 0 Å². The predicted molar refractivity (Wildman–Crippen MR) is 137 cm³/mol. The Bertz CT molecular complexity index is 1310. The van der Waals surface area contributed by atoms with Gasteiger partial charge in [0.25, 0.3) is 0 Å². The Labute approximate surface area is 194 Å². The number of nitrogens with zero attached hydrogens (tertiary/aromatic N) is 2. The van der Waals surface area contributed by atoms with Gasteiger partial charge in [0, 0.05) is 17.3 Å². The van der Waals surface area contributed by atoms with Crippen molar-refractivity contribution in [3.8, 4) is 5.69 Å². The lowest BCUT2D eigenvalue weighted by atomic mass is 9.90. The van der Waals surface area contributed by atoms with E-state index in [1.165, 1.54) is 33.4 Å². The number of allylic oxidation sites excluding steroid dienone is 3. The van der Waals surface area contributed by atoms with E-state index in [2.05, 4.69) is 73.7 Å². The maximum absolute atomic E-state index is 11.6. The molecular weight excluding hydrogens is 415 g/mol. The van der Waals surface area contributed by atoms with Gasteiger partial charge in [-0.25, -0.2) is 4.39 Å². The average molecular weight is 447 g/mol. The van der Waals surface area contributed by atoms with Gasteiger partial charge in [-0.2, -0.15) is 0 Å². The third-order valence-electron chi connectivity index (χ3n) is 6.72. The summed E-state index contributed by atoms with van der Waals surface area (Å²) in [6.45, 7) is 14.0. The number of halogens is 1. The molecule has 1 fully saturated rings. The summed E-state index contributed by atoms with van der Waals surface area (Å²) in [5.74, 6) is 0. The van der Waals surface area contributed by atoms with Crippen LogP contribution in [-0.4, -0.2) is 16.2 Å². The molecule has 0 bridgehead atoms. The van der Waals surface area contributed by atoms with Crippen molar-refractivity contribution in [2.24, 2.45) is 5.41 Å². The number of pyridine rings is 1. The Hall–Kier alpha value is -2.72. The van der Waals surface area contributed by atoms with Gasteiger partial charge in [0.1, 0.15) is 11.5 Å². The topological polar surface area (TPSA) is 17.8 Å². The largest absolute Gasteiger partial charge is 0.299 e. The molecule has 1 saturated carbocycles. The van der Waals surface area contributed by atoms with E-state index >= 15 is 0 Å². The summed E-state index contributed by atoms with van der Waals surface area (Å²) in [5.41, 5.74) is 7.29. The summed E-state index contributed by atoms with van der Waals surface area (Å²) in [7, 11) is 0. The molecule has 0 amide bonds. The second-order valence-electron chi connectivity index (χ2n) is 9.74. The van der Waals surface area contributed by atoms with E-state index in [1.54, 1.807) is 13.0 Å². The fourth-order valence-electron chi connectivity index (χ4n) is 4.62. The third-order valence-corrected chi connectivity index (χ3v) is 7.68. The first kappa shape index (κ1) is 22.5. The van der Waals surface area contributed by atoms with Crippen molar-refractivity contribution in [2.75, 3.05) is 6.67 Å². The number of hydrogen-bond acceptors (Lipinski definition) is 2. The standard InChI is InChI=1S/C21H20N2S.C7H11F/c1-20(2)13-21(20,3)15-12-24-19-17(15)18-16(10-7-11-22-18)23(19)14-8-5-4-6-9-14;1-6(2)4-7(3)5-8/h4-12H,13H2,1-3H3;4H,1,5H2,2-3H3/b;7-4-. The Balaban J connectivity index is 0.000000265. The number of rotatable bonds is 4. The summed E-state index contributed by atoms with van der Waals surface area (Å²) in [6.07, 6.45) is 4.90. The number of para-hydroxylation sites is 1. The maximum atomic E-state index is 11.6. The molecule has 0 spiro atoms. The highest BCUT2D eigenvalue weighted by Crippen LogP contribution is 2.66. The summed E-state index contributed by atoms with van der Waals surface area (Å²) in [5, 5.41) is 3.72. The van der Waals surface area contributed by atoms with Crippen molar-refractivity contribution in [1.29, 1.82) is 0 Å². The number of benzene rings is 1. The number of hydrogen-bond donors (Lipinski definition) is 0. The van der Waals surface area contributed by atoms with Gasteiger partial charge in [0.15, 0.2) is 0 Å². The average Bonchev–Trinajstić information content (AvgIpc) is 3.08. The summed E-state index contributed by atoms with van der Waals surface area (Å²) >= 11 is 1.85. The molecule has 1 aliphatic carbocycles. The maximum Gasteiger partial charge on any atom is 0.111 e. The van der Waals surface area contributed by atoms with Gasteiger partial charge in [0.2, 0.25) is 0 Å². The van der Waals surface area contributed by atoms with Crippen molar-refractivity contribution in [3.63, 3.8) is 0 Å². The Kier molecular flexibility index (Phi) is 5.85. The summed E-state index contributed by atoms with van der Waals surface area (Å²) < 4.78 is 14.0. The Morgan fingerprint density at radius 1 is 1.16 bits per heavy atom. The zero-order valence-electron chi connectivity index (χ0n) is 19.6. The van der Waals surface area contributed by atoms with Crippen LogP contribution in [0.1, 0.15) is 46.6 Å². The van der Waals surface area contributed by atoms with E-state index in [9.17, 15) is 4.39 Å². The quantitative estimate of drug-likeness (QED) is 0.288. The van der Waals surface area contributed by atoms with Crippen LogP contribution in [0.5, 0.6) is 0 Å². The molecule has 4 heteroatoms. The first-order chi connectivity index (χ1) is 15.2. The van der Waals surface area contributed by atoms with Gasteiger partial charge in [0.05, 0.1) is 11.0 Å². The summed E-state index contributed by atoms with van der Waals surface area (Å²) in [4.78, 5) is 6.08. The van der Waals surface area contributed by atoms with Gasteiger partial charge in [-0.3, -0.25) is 9.55 Å². The third kappa shape index (κ3) is 3.81. The first-order valence-electron chi connectivity index (χ1n) is 11.0. The Morgan fingerprint density at radius 2 is 1.84 bits per heavy atom. The van der Waals surface area contributed by atoms with E-state index in [0.29, 0.717) is 5.41 Å². The molecule has 0 radical (unpaired) electrons. The molecule has 0 N–H and O–H groups in total. The fraction of sp³-hybridized carbons (Fsp3) is 0.321. The number of fused-ring (bicyclic) bond motifs is 3. The minimum absolute atomic E-state index is 0.262. The number of alkyl halides is 1. The molecule has 1 unspecified atom stereocenters. The summed E-state index contributed by atoms with van der Waals surface area (Å²) in [6, 6.07) is 14.8. The second-order valence-corrected chi connectivity index (χ2v) is 10.6. The van der Waals surface area contributed by atoms with Crippen molar-refractivity contribution in [1.82, 2.24) is 9.55 Å². The van der Waals surface area contributed by atoms with Crippen molar-refractivity contribution in [3.05, 3.63) is 83.4 Å². The molecule has 2 nitrogen and oxygen atoms in total. The molecule has 1 aliphatic rings. The van der Waals surface area contributed by atoms with Crippen LogP contribution in [0.3, 0.4) is 0 Å². The minimum atomic E-state index is -0.368. The second kappa shape index (κ2) is 8.32. The smallest absolute Gasteiger partial charge is 0.111 e. The fourth-order valence-corrected chi connectivity index (χ4v) is 5.86. The highest BCUT2D eigenvalue weighted by Gasteiger charge is 2.59. The van der Waals surface area contributed by atoms with Gasteiger partial charge in [-0.15, -0.1) is 11.3 Å². The molecule has 1 atom stereocenters. The molecule has 4 aromatic rings. The van der Waals surface area contributed by atoms with Crippen LogP contribution in [0.25, 0.3) is 26.9 Å². The predicted octanol–water partition coefficient (Wildman–Crippen LogP) is 8.41. The Morgan fingerprint density at radius 3 is 2.41 bits per heavy atom. The highest BCUT2D eigenvalue weighted by atomic mass is 32.1. The van der Waals surface area contributed by atoms with E-state index in [0.717, 1.165) is 16.7 Å². The van der Waals surface area contributed by atoms with Crippen LogP contribution in [0.15, 0.2) is 77.8 Å². The molecule has 0 saturated heterocycles.